The number of anilines is 1. The number of hydrogen-bond acceptors (Lipinski definition) is 4. The maximum atomic E-state index is 12.5. The van der Waals surface area contributed by atoms with Gasteiger partial charge in [0.05, 0.1) is 11.0 Å². The normalized spacial score (nSPS) is 23.2. The first kappa shape index (κ1) is 16.3. The highest BCUT2D eigenvalue weighted by atomic mass is 32.2. The predicted molar refractivity (Wildman–Crippen MR) is 83.5 cm³/mol. The number of aliphatic hydroxyl groups is 1. The average molecular weight is 312 g/mol. The molecule has 0 spiro atoms. The third-order valence-electron chi connectivity index (χ3n) is 4.25. The summed E-state index contributed by atoms with van der Waals surface area (Å²) >= 11 is 0. The predicted octanol–water partition coefficient (Wildman–Crippen LogP) is 1.72. The van der Waals surface area contributed by atoms with Crippen LogP contribution in [0.3, 0.4) is 0 Å². The molecule has 1 aromatic carbocycles. The Labute approximate surface area is 126 Å². The van der Waals surface area contributed by atoms with E-state index < -0.39 is 10.0 Å². The van der Waals surface area contributed by atoms with Gasteiger partial charge in [-0.25, -0.2) is 13.1 Å². The molecule has 0 saturated heterocycles. The van der Waals surface area contributed by atoms with Crippen molar-refractivity contribution in [1.82, 2.24) is 4.72 Å². The Kier molecular flexibility index (Phi) is 4.91. The van der Waals surface area contributed by atoms with Gasteiger partial charge < -0.3 is 10.8 Å². The topological polar surface area (TPSA) is 92.4 Å². The van der Waals surface area contributed by atoms with Crippen LogP contribution in [0.1, 0.15) is 36.8 Å². The number of aliphatic hydroxyl groups excluding tert-OH is 1. The Morgan fingerprint density at radius 1 is 1.33 bits per heavy atom. The van der Waals surface area contributed by atoms with Crippen molar-refractivity contribution in [3.63, 3.8) is 0 Å². The number of aryl methyl sites for hydroxylation is 1. The second-order valence-corrected chi connectivity index (χ2v) is 7.73. The van der Waals surface area contributed by atoms with Crippen molar-refractivity contribution in [2.75, 3.05) is 12.3 Å². The van der Waals surface area contributed by atoms with E-state index in [1.807, 2.05) is 6.92 Å². The molecule has 1 aliphatic carbocycles. The number of sulfonamides is 1. The molecule has 0 heterocycles. The van der Waals surface area contributed by atoms with Gasteiger partial charge in [-0.1, -0.05) is 6.42 Å². The lowest BCUT2D eigenvalue weighted by Gasteiger charge is -2.26. The Balaban J connectivity index is 2.12. The second kappa shape index (κ2) is 6.34. The minimum atomic E-state index is -3.56. The fraction of sp³-hybridized carbons (Fsp3) is 0.600. The summed E-state index contributed by atoms with van der Waals surface area (Å²) in [4.78, 5) is 0.247. The van der Waals surface area contributed by atoms with E-state index in [4.69, 9.17) is 5.73 Å². The zero-order chi connectivity index (χ0) is 15.6. The molecule has 6 heteroatoms. The van der Waals surface area contributed by atoms with Crippen molar-refractivity contribution in [3.05, 3.63) is 23.3 Å². The molecule has 5 nitrogen and oxygen atoms in total. The lowest BCUT2D eigenvalue weighted by Crippen LogP contribution is -2.33. The summed E-state index contributed by atoms with van der Waals surface area (Å²) in [7, 11) is -3.56. The molecule has 1 aliphatic rings. The number of benzene rings is 1. The molecule has 1 saturated carbocycles. The number of rotatable bonds is 4. The van der Waals surface area contributed by atoms with E-state index in [0.29, 0.717) is 18.7 Å². The molecule has 0 amide bonds. The minimum Gasteiger partial charge on any atom is -0.399 e. The van der Waals surface area contributed by atoms with Crippen molar-refractivity contribution >= 4 is 15.7 Å². The third kappa shape index (κ3) is 3.96. The van der Waals surface area contributed by atoms with Crippen LogP contribution in [-0.4, -0.2) is 26.2 Å². The highest BCUT2D eigenvalue weighted by Crippen LogP contribution is 2.25. The molecule has 21 heavy (non-hydrogen) atoms. The fourth-order valence-corrected chi connectivity index (χ4v) is 4.35. The average Bonchev–Trinajstić information content (AvgIpc) is 2.41. The lowest BCUT2D eigenvalue weighted by molar-refractivity contribution is 0.102. The van der Waals surface area contributed by atoms with Gasteiger partial charge in [0.25, 0.3) is 0 Å². The second-order valence-electron chi connectivity index (χ2n) is 6.00. The van der Waals surface area contributed by atoms with Crippen LogP contribution in [0.2, 0.25) is 0 Å². The van der Waals surface area contributed by atoms with Crippen LogP contribution in [0.5, 0.6) is 0 Å². The van der Waals surface area contributed by atoms with E-state index in [2.05, 4.69) is 4.72 Å². The summed E-state index contributed by atoms with van der Waals surface area (Å²) in [6.45, 7) is 4.00. The van der Waals surface area contributed by atoms with E-state index in [1.54, 1.807) is 13.0 Å². The van der Waals surface area contributed by atoms with Gasteiger partial charge in [0.2, 0.25) is 10.0 Å². The largest absolute Gasteiger partial charge is 0.399 e. The standard InChI is InChI=1S/C15H24N2O3S/c1-10-6-13(16)8-15(11(10)2)21(19,20)17-9-12-4-3-5-14(18)7-12/h6,8,12,14,17-18H,3-5,7,9,16H2,1-2H3. The van der Waals surface area contributed by atoms with Gasteiger partial charge in [0.15, 0.2) is 0 Å². The van der Waals surface area contributed by atoms with Crippen LogP contribution in [0, 0.1) is 19.8 Å². The van der Waals surface area contributed by atoms with E-state index >= 15 is 0 Å². The van der Waals surface area contributed by atoms with Crippen LogP contribution >= 0.6 is 0 Å². The zero-order valence-electron chi connectivity index (χ0n) is 12.6. The van der Waals surface area contributed by atoms with Crippen molar-refractivity contribution in [1.29, 1.82) is 0 Å². The van der Waals surface area contributed by atoms with E-state index in [9.17, 15) is 13.5 Å². The van der Waals surface area contributed by atoms with Gasteiger partial charge in [0.1, 0.15) is 0 Å². The third-order valence-corrected chi connectivity index (χ3v) is 5.80. The summed E-state index contributed by atoms with van der Waals surface area (Å²) in [5.41, 5.74) is 7.79. The van der Waals surface area contributed by atoms with Crippen LogP contribution in [0.4, 0.5) is 5.69 Å². The number of nitrogens with two attached hydrogens (primary N) is 1. The Morgan fingerprint density at radius 3 is 2.71 bits per heavy atom. The number of nitrogen functional groups attached to an aromatic ring is 1. The van der Waals surface area contributed by atoms with Gasteiger partial charge in [-0.15, -0.1) is 0 Å². The molecule has 2 unspecified atom stereocenters. The summed E-state index contributed by atoms with van der Waals surface area (Å²) in [5, 5.41) is 9.65. The highest BCUT2D eigenvalue weighted by molar-refractivity contribution is 7.89. The quantitative estimate of drug-likeness (QED) is 0.738. The first-order valence-corrected chi connectivity index (χ1v) is 8.82. The molecular formula is C15H24N2O3S. The van der Waals surface area contributed by atoms with Gasteiger partial charge in [0, 0.05) is 12.2 Å². The number of nitrogens with one attached hydrogen (secondary N) is 1. The zero-order valence-corrected chi connectivity index (χ0v) is 13.4. The molecule has 118 valence electrons. The maximum Gasteiger partial charge on any atom is 0.240 e. The van der Waals surface area contributed by atoms with Crippen LogP contribution < -0.4 is 10.5 Å². The minimum absolute atomic E-state index is 0.200. The van der Waals surface area contributed by atoms with Gasteiger partial charge >= 0.3 is 0 Å². The first-order valence-electron chi connectivity index (χ1n) is 7.34. The maximum absolute atomic E-state index is 12.5. The molecular weight excluding hydrogens is 288 g/mol. The van der Waals surface area contributed by atoms with E-state index in [1.165, 1.54) is 6.07 Å². The van der Waals surface area contributed by atoms with Crippen molar-refractivity contribution in [2.45, 2.75) is 50.5 Å². The molecule has 0 aromatic heterocycles. The van der Waals surface area contributed by atoms with Crippen molar-refractivity contribution in [2.24, 2.45) is 5.92 Å². The fourth-order valence-electron chi connectivity index (χ4n) is 2.89. The van der Waals surface area contributed by atoms with Gasteiger partial charge in [-0.2, -0.15) is 0 Å². The van der Waals surface area contributed by atoms with Crippen LogP contribution in [0.25, 0.3) is 0 Å². The Bertz CT molecular complexity index is 614. The van der Waals surface area contributed by atoms with Crippen molar-refractivity contribution in [3.8, 4) is 0 Å². The molecule has 2 atom stereocenters. The molecule has 0 radical (unpaired) electrons. The number of hydrogen-bond donors (Lipinski definition) is 3. The smallest absolute Gasteiger partial charge is 0.240 e. The molecule has 2 rings (SSSR count). The molecule has 1 fully saturated rings. The van der Waals surface area contributed by atoms with E-state index in [-0.39, 0.29) is 16.9 Å². The summed E-state index contributed by atoms with van der Waals surface area (Å²) in [6, 6.07) is 3.27. The summed E-state index contributed by atoms with van der Waals surface area (Å²) in [6.07, 6.45) is 3.08. The molecule has 0 aliphatic heterocycles. The monoisotopic (exact) mass is 312 g/mol. The Morgan fingerprint density at radius 2 is 2.05 bits per heavy atom. The van der Waals surface area contributed by atoms with Gasteiger partial charge in [-0.3, -0.25) is 0 Å². The van der Waals surface area contributed by atoms with Gasteiger partial charge in [-0.05, 0) is 62.3 Å². The molecule has 0 bridgehead atoms. The highest BCUT2D eigenvalue weighted by Gasteiger charge is 2.24. The van der Waals surface area contributed by atoms with E-state index in [0.717, 1.165) is 30.4 Å². The first-order chi connectivity index (χ1) is 9.79. The SMILES string of the molecule is Cc1cc(N)cc(S(=O)(=O)NCC2CCCC(O)C2)c1C. The lowest BCUT2D eigenvalue weighted by atomic mass is 9.87. The molecule has 4 N–H and O–H groups in total. The van der Waals surface area contributed by atoms with Crippen molar-refractivity contribution < 1.29 is 13.5 Å². The summed E-state index contributed by atoms with van der Waals surface area (Å²) in [5.74, 6) is 0.200. The molecule has 1 aromatic rings. The summed E-state index contributed by atoms with van der Waals surface area (Å²) < 4.78 is 27.6. The van der Waals surface area contributed by atoms with Crippen LogP contribution in [-0.2, 0) is 10.0 Å². The Hall–Kier alpha value is -1.11. The van der Waals surface area contributed by atoms with Crippen LogP contribution in [0.15, 0.2) is 17.0 Å².